The third-order valence-electron chi connectivity index (χ3n) is 5.90. The van der Waals surface area contributed by atoms with E-state index in [-0.39, 0.29) is 23.6 Å². The summed E-state index contributed by atoms with van der Waals surface area (Å²) in [7, 11) is 0. The number of aromatic nitrogens is 3. The second-order valence-electron chi connectivity index (χ2n) is 8.11. The molecule has 0 aliphatic heterocycles. The van der Waals surface area contributed by atoms with E-state index in [1.165, 1.54) is 18.2 Å². The topological polar surface area (TPSA) is 90.0 Å². The highest BCUT2D eigenvalue weighted by Crippen LogP contribution is 2.34. The molecule has 3 aromatic rings. The quantitative estimate of drug-likeness (QED) is 0.328. The number of hydrogen-bond donors (Lipinski definition) is 0. The Bertz CT molecular complexity index is 1280. The largest absolute Gasteiger partial charge is 0.466 e. The Kier molecular flexibility index (Phi) is 7.13. The molecule has 0 atom stereocenters. The van der Waals surface area contributed by atoms with E-state index >= 15 is 0 Å². The molecule has 1 aromatic carbocycles. The van der Waals surface area contributed by atoms with E-state index in [4.69, 9.17) is 26.3 Å². The van der Waals surface area contributed by atoms with Gasteiger partial charge < -0.3 is 9.47 Å². The molecule has 0 amide bonds. The van der Waals surface area contributed by atoms with E-state index in [2.05, 4.69) is 16.5 Å². The molecule has 0 spiro atoms. The van der Waals surface area contributed by atoms with E-state index in [1.807, 2.05) is 10.6 Å². The number of nitrogens with zero attached hydrogens (tertiary/aromatic N) is 4. The molecule has 0 unspecified atom stereocenters. The zero-order valence-corrected chi connectivity index (χ0v) is 19.5. The number of fused-ring (bicyclic) bond motifs is 1. The second kappa shape index (κ2) is 10.2. The highest BCUT2D eigenvalue weighted by Gasteiger charge is 2.29. The van der Waals surface area contributed by atoms with E-state index < -0.39 is 5.82 Å². The van der Waals surface area contributed by atoms with Crippen LogP contribution in [0, 0.1) is 23.1 Å². The molecule has 1 aliphatic rings. The fraction of sp³-hybridized carbons (Fsp3) is 0.360. The number of nitriles is 1. The maximum absolute atomic E-state index is 13.8. The molecule has 34 heavy (non-hydrogen) atoms. The van der Waals surface area contributed by atoms with E-state index in [1.54, 1.807) is 19.1 Å². The molecular weight excluding hydrogens is 459 g/mol. The zero-order chi connectivity index (χ0) is 24.2. The van der Waals surface area contributed by atoms with Crippen LogP contribution in [0.1, 0.15) is 38.2 Å². The Labute approximate surface area is 201 Å². The Balaban J connectivity index is 1.62. The first kappa shape index (κ1) is 23.7. The number of benzene rings is 1. The molecule has 0 radical (unpaired) electrons. The molecular formula is C25H24ClFN4O3. The third-order valence-corrected chi connectivity index (χ3v) is 6.19. The minimum absolute atomic E-state index is 0.0868. The summed E-state index contributed by atoms with van der Waals surface area (Å²) in [6.07, 6.45) is 4.47. The molecule has 0 saturated heterocycles. The van der Waals surface area contributed by atoms with E-state index in [9.17, 15) is 9.18 Å². The molecule has 7 nitrogen and oxygen atoms in total. The van der Waals surface area contributed by atoms with Crippen molar-refractivity contribution in [3.05, 3.63) is 53.3 Å². The SMILES string of the molecule is C=CCn1c(O[C@H]2CC[C@H](C(=O)OCC)CC2)nc2nc(-c3ccc(F)c(C#N)c3)c(Cl)cc21. The molecule has 1 fully saturated rings. The van der Waals surface area contributed by atoms with Crippen molar-refractivity contribution in [2.75, 3.05) is 6.61 Å². The fourth-order valence-electron chi connectivity index (χ4n) is 4.19. The van der Waals surface area contributed by atoms with Gasteiger partial charge >= 0.3 is 5.97 Å². The summed E-state index contributed by atoms with van der Waals surface area (Å²) in [5.41, 5.74) is 1.92. The van der Waals surface area contributed by atoms with Crippen molar-refractivity contribution in [2.24, 2.45) is 5.92 Å². The normalized spacial score (nSPS) is 17.8. The van der Waals surface area contributed by atoms with Crippen LogP contribution in [0.4, 0.5) is 4.39 Å². The van der Waals surface area contributed by atoms with Gasteiger partial charge in [0, 0.05) is 12.1 Å². The number of ether oxygens (including phenoxy) is 2. The van der Waals surface area contributed by atoms with Crippen LogP contribution in [0.15, 0.2) is 36.9 Å². The maximum Gasteiger partial charge on any atom is 0.308 e. The Morgan fingerprint density at radius 2 is 2.09 bits per heavy atom. The molecule has 4 rings (SSSR count). The number of imidazole rings is 1. The molecule has 9 heteroatoms. The van der Waals surface area contributed by atoms with Crippen molar-refractivity contribution in [3.63, 3.8) is 0 Å². The first-order valence-electron chi connectivity index (χ1n) is 11.2. The van der Waals surface area contributed by atoms with Gasteiger partial charge in [-0.15, -0.1) is 6.58 Å². The Morgan fingerprint density at radius 1 is 1.32 bits per heavy atom. The lowest BCUT2D eigenvalue weighted by Crippen LogP contribution is -2.29. The number of halogens is 2. The smallest absolute Gasteiger partial charge is 0.308 e. The minimum Gasteiger partial charge on any atom is -0.466 e. The second-order valence-corrected chi connectivity index (χ2v) is 8.51. The van der Waals surface area contributed by atoms with Gasteiger partial charge in [-0.1, -0.05) is 17.7 Å². The lowest BCUT2D eigenvalue weighted by molar-refractivity contribution is -0.149. The lowest BCUT2D eigenvalue weighted by Gasteiger charge is -2.27. The van der Waals surface area contributed by atoms with Gasteiger partial charge in [-0.2, -0.15) is 10.2 Å². The summed E-state index contributed by atoms with van der Waals surface area (Å²) in [6, 6.07) is 8.11. The van der Waals surface area contributed by atoms with Crippen LogP contribution in [-0.4, -0.2) is 33.2 Å². The zero-order valence-electron chi connectivity index (χ0n) is 18.8. The van der Waals surface area contributed by atoms with Crippen LogP contribution in [0.25, 0.3) is 22.4 Å². The van der Waals surface area contributed by atoms with Gasteiger partial charge in [0.1, 0.15) is 18.0 Å². The van der Waals surface area contributed by atoms with Crippen molar-refractivity contribution < 1.29 is 18.7 Å². The highest BCUT2D eigenvalue weighted by molar-refractivity contribution is 6.33. The van der Waals surface area contributed by atoms with Crippen LogP contribution in [0.3, 0.4) is 0 Å². The summed E-state index contributed by atoms with van der Waals surface area (Å²) in [4.78, 5) is 21.2. The predicted molar refractivity (Wildman–Crippen MR) is 126 cm³/mol. The molecule has 2 heterocycles. The van der Waals surface area contributed by atoms with Crippen molar-refractivity contribution in [1.29, 1.82) is 5.26 Å². The number of allylic oxidation sites excluding steroid dienone is 1. The summed E-state index contributed by atoms with van der Waals surface area (Å²) in [6.45, 7) is 6.45. The molecule has 1 saturated carbocycles. The molecule has 2 aromatic heterocycles. The van der Waals surface area contributed by atoms with Gasteiger partial charge in [0.05, 0.1) is 34.3 Å². The van der Waals surface area contributed by atoms with Gasteiger partial charge in [0.15, 0.2) is 5.65 Å². The van der Waals surface area contributed by atoms with Gasteiger partial charge in [-0.25, -0.2) is 9.37 Å². The summed E-state index contributed by atoms with van der Waals surface area (Å²) in [5.74, 6) is -0.845. The average molecular weight is 483 g/mol. The third kappa shape index (κ3) is 4.75. The van der Waals surface area contributed by atoms with Crippen LogP contribution in [0.2, 0.25) is 5.02 Å². The van der Waals surface area contributed by atoms with E-state index in [0.29, 0.717) is 72.3 Å². The van der Waals surface area contributed by atoms with Crippen LogP contribution in [0.5, 0.6) is 6.01 Å². The fourth-order valence-corrected chi connectivity index (χ4v) is 4.44. The molecule has 0 N–H and O–H groups in total. The summed E-state index contributed by atoms with van der Waals surface area (Å²) >= 11 is 6.53. The van der Waals surface area contributed by atoms with Gasteiger partial charge in [0.2, 0.25) is 0 Å². The van der Waals surface area contributed by atoms with Crippen molar-refractivity contribution in [2.45, 2.75) is 45.3 Å². The number of carbonyl (C=O) groups is 1. The number of hydrogen-bond acceptors (Lipinski definition) is 6. The lowest BCUT2D eigenvalue weighted by atomic mass is 9.87. The van der Waals surface area contributed by atoms with Crippen molar-refractivity contribution in [3.8, 4) is 23.3 Å². The highest BCUT2D eigenvalue weighted by atomic mass is 35.5. The number of carbonyl (C=O) groups excluding carboxylic acids is 1. The summed E-state index contributed by atoms with van der Waals surface area (Å²) < 4.78 is 27.0. The number of esters is 1. The molecule has 176 valence electrons. The maximum atomic E-state index is 13.8. The Morgan fingerprint density at radius 3 is 2.76 bits per heavy atom. The minimum atomic E-state index is -0.605. The van der Waals surface area contributed by atoms with Crippen molar-refractivity contribution >= 4 is 28.7 Å². The average Bonchev–Trinajstić information content (AvgIpc) is 3.15. The number of pyridine rings is 1. The van der Waals surface area contributed by atoms with Gasteiger partial charge in [-0.05, 0) is 56.9 Å². The van der Waals surface area contributed by atoms with Gasteiger partial charge in [0.25, 0.3) is 6.01 Å². The van der Waals surface area contributed by atoms with Crippen LogP contribution < -0.4 is 4.74 Å². The van der Waals surface area contributed by atoms with Crippen LogP contribution in [-0.2, 0) is 16.1 Å². The van der Waals surface area contributed by atoms with Crippen LogP contribution >= 0.6 is 11.6 Å². The van der Waals surface area contributed by atoms with E-state index in [0.717, 1.165) is 0 Å². The molecule has 0 bridgehead atoms. The Hall–Kier alpha value is -3.44. The predicted octanol–water partition coefficient (Wildman–Crippen LogP) is 5.45. The molecule has 1 aliphatic carbocycles. The van der Waals surface area contributed by atoms with Crippen molar-refractivity contribution in [1.82, 2.24) is 14.5 Å². The number of rotatable bonds is 7. The first-order chi connectivity index (χ1) is 16.4. The standard InChI is InChI=1S/C25H24ClFN4O3/c1-3-11-31-21-13-19(26)22(16-7-10-20(27)17(12-16)14-28)29-23(21)30-25(31)34-18-8-5-15(6-9-18)24(32)33-4-2/h3,7,10,12-13,15,18H,1,4-6,8-9,11H2,2H3/t15-,18-. The summed E-state index contributed by atoms with van der Waals surface area (Å²) in [5, 5.41) is 9.49. The monoisotopic (exact) mass is 482 g/mol. The first-order valence-corrected chi connectivity index (χ1v) is 11.5. The van der Waals surface area contributed by atoms with Gasteiger partial charge in [-0.3, -0.25) is 9.36 Å².